The Labute approximate surface area is 123 Å². The van der Waals surface area contributed by atoms with Crippen LogP contribution in [0.15, 0.2) is 24.3 Å². The first-order valence-corrected chi connectivity index (χ1v) is 6.77. The van der Waals surface area contributed by atoms with Crippen LogP contribution in [0.25, 0.3) is 0 Å². The van der Waals surface area contributed by atoms with Gasteiger partial charge in [-0.25, -0.2) is 4.79 Å². The summed E-state index contributed by atoms with van der Waals surface area (Å²) in [6.45, 7) is 2.21. The van der Waals surface area contributed by atoms with Crippen LogP contribution >= 0.6 is 0 Å². The van der Waals surface area contributed by atoms with Gasteiger partial charge in [0.25, 0.3) is 0 Å². The molecule has 1 atom stereocenters. The second-order valence-electron chi connectivity index (χ2n) is 4.74. The molecule has 0 aromatic heterocycles. The van der Waals surface area contributed by atoms with Crippen LogP contribution in [0.2, 0.25) is 0 Å². The lowest BCUT2D eigenvalue weighted by Crippen LogP contribution is -2.33. The van der Waals surface area contributed by atoms with Gasteiger partial charge in [0.15, 0.2) is 0 Å². The summed E-state index contributed by atoms with van der Waals surface area (Å²) in [5.74, 6) is -0.941. The molecule has 6 nitrogen and oxygen atoms in total. The molecule has 0 heterocycles. The van der Waals surface area contributed by atoms with Gasteiger partial charge in [-0.3, -0.25) is 4.79 Å². The topological polar surface area (TPSA) is 102 Å². The van der Waals surface area contributed by atoms with Gasteiger partial charge in [-0.05, 0) is 23.6 Å². The van der Waals surface area contributed by atoms with Gasteiger partial charge in [-0.15, -0.1) is 0 Å². The molecule has 3 N–H and O–H groups in total. The van der Waals surface area contributed by atoms with Crippen LogP contribution in [0.3, 0.4) is 0 Å². The van der Waals surface area contributed by atoms with Gasteiger partial charge in [0.1, 0.15) is 0 Å². The lowest BCUT2D eigenvalue weighted by molar-refractivity contribution is -0.138. The molecule has 0 spiro atoms. The lowest BCUT2D eigenvalue weighted by atomic mass is 10.0. The van der Waals surface area contributed by atoms with Gasteiger partial charge in [-0.1, -0.05) is 25.5 Å². The summed E-state index contributed by atoms with van der Waals surface area (Å²) in [6, 6.07) is 8.68. The molecule has 0 saturated carbocycles. The van der Waals surface area contributed by atoms with Crippen molar-refractivity contribution in [2.75, 3.05) is 11.9 Å². The fourth-order valence-electron chi connectivity index (χ4n) is 1.82. The van der Waals surface area contributed by atoms with Crippen LogP contribution in [0.1, 0.15) is 25.3 Å². The first kappa shape index (κ1) is 16.5. The highest BCUT2D eigenvalue weighted by atomic mass is 16.4. The van der Waals surface area contributed by atoms with E-state index in [-0.39, 0.29) is 18.4 Å². The molecule has 1 rings (SSSR count). The first-order chi connectivity index (χ1) is 10.0. The zero-order chi connectivity index (χ0) is 15.7. The van der Waals surface area contributed by atoms with Crippen molar-refractivity contribution < 1.29 is 14.7 Å². The van der Waals surface area contributed by atoms with E-state index in [9.17, 15) is 9.59 Å². The zero-order valence-corrected chi connectivity index (χ0v) is 11.9. The zero-order valence-electron chi connectivity index (χ0n) is 11.9. The number of aliphatic carboxylic acids is 1. The number of urea groups is 1. The van der Waals surface area contributed by atoms with Crippen LogP contribution < -0.4 is 10.6 Å². The number of carbonyl (C=O) groups is 2. The molecular weight excluding hydrogens is 270 g/mol. The maximum absolute atomic E-state index is 11.7. The number of amides is 2. The van der Waals surface area contributed by atoms with Crippen molar-refractivity contribution in [2.45, 2.75) is 26.2 Å². The monoisotopic (exact) mass is 289 g/mol. The molecule has 1 unspecified atom stereocenters. The Morgan fingerprint density at radius 2 is 2.00 bits per heavy atom. The smallest absolute Gasteiger partial charge is 0.319 e. The van der Waals surface area contributed by atoms with E-state index >= 15 is 0 Å². The molecular formula is C15H19N3O3. The molecule has 1 aromatic rings. The Balaban J connectivity index is 2.42. The Morgan fingerprint density at radius 1 is 1.33 bits per heavy atom. The van der Waals surface area contributed by atoms with Gasteiger partial charge in [0.2, 0.25) is 0 Å². The number of carbonyl (C=O) groups excluding carboxylic acids is 1. The van der Waals surface area contributed by atoms with Crippen molar-refractivity contribution in [3.05, 3.63) is 29.8 Å². The molecule has 0 fully saturated rings. The third kappa shape index (κ3) is 6.43. The number of carboxylic acids is 1. The summed E-state index contributed by atoms with van der Waals surface area (Å²) in [5.41, 5.74) is 1.51. The Bertz CT molecular complexity index is 520. The average Bonchev–Trinajstić information content (AvgIpc) is 2.45. The third-order valence-corrected chi connectivity index (χ3v) is 3.09. The molecule has 112 valence electrons. The maximum atomic E-state index is 11.7. The first-order valence-electron chi connectivity index (χ1n) is 6.77. The predicted octanol–water partition coefficient (Wildman–Crippen LogP) is 2.38. The van der Waals surface area contributed by atoms with E-state index in [0.29, 0.717) is 25.1 Å². The summed E-state index contributed by atoms with van der Waals surface area (Å²) >= 11 is 0. The predicted molar refractivity (Wildman–Crippen MR) is 78.8 cm³/mol. The van der Waals surface area contributed by atoms with Crippen molar-refractivity contribution in [1.29, 1.82) is 5.26 Å². The van der Waals surface area contributed by atoms with E-state index < -0.39 is 5.97 Å². The number of nitrogens with one attached hydrogen (secondary N) is 2. The molecule has 0 radical (unpaired) electrons. The fourth-order valence-corrected chi connectivity index (χ4v) is 1.82. The van der Waals surface area contributed by atoms with E-state index in [2.05, 4.69) is 16.7 Å². The van der Waals surface area contributed by atoms with E-state index in [1.165, 1.54) is 0 Å². The second-order valence-corrected chi connectivity index (χ2v) is 4.74. The van der Waals surface area contributed by atoms with Crippen molar-refractivity contribution in [1.82, 2.24) is 5.32 Å². The minimum Gasteiger partial charge on any atom is -0.481 e. The molecule has 0 aliphatic rings. The van der Waals surface area contributed by atoms with Gasteiger partial charge < -0.3 is 15.7 Å². The lowest BCUT2D eigenvalue weighted by Gasteiger charge is -2.14. The number of nitrogens with zero attached hydrogens (tertiary/aromatic N) is 1. The molecule has 6 heteroatoms. The van der Waals surface area contributed by atoms with Crippen LogP contribution in [0.4, 0.5) is 10.5 Å². The van der Waals surface area contributed by atoms with Crippen LogP contribution in [-0.4, -0.2) is 23.7 Å². The highest BCUT2D eigenvalue weighted by Gasteiger charge is 2.12. The molecule has 0 aliphatic heterocycles. The third-order valence-electron chi connectivity index (χ3n) is 3.09. The molecule has 0 bridgehead atoms. The SMILES string of the molecule is CCC(CNC(=O)Nc1ccc(CC#N)cc1)CC(=O)O. The summed E-state index contributed by atoms with van der Waals surface area (Å²) < 4.78 is 0. The number of anilines is 1. The largest absolute Gasteiger partial charge is 0.481 e. The molecule has 1 aromatic carbocycles. The number of hydrogen-bond donors (Lipinski definition) is 3. The highest BCUT2D eigenvalue weighted by molar-refractivity contribution is 5.89. The number of rotatable bonds is 7. The summed E-state index contributed by atoms with van der Waals surface area (Å²) in [7, 11) is 0. The van der Waals surface area contributed by atoms with Crippen LogP contribution in [-0.2, 0) is 11.2 Å². The van der Waals surface area contributed by atoms with Gasteiger partial charge >= 0.3 is 12.0 Å². The highest BCUT2D eigenvalue weighted by Crippen LogP contribution is 2.10. The Kier molecular flexibility index (Phi) is 6.75. The quantitative estimate of drug-likeness (QED) is 0.717. The summed E-state index contributed by atoms with van der Waals surface area (Å²) in [5, 5.41) is 22.6. The minimum absolute atomic E-state index is 0.0413. The standard InChI is InChI=1S/C15H19N3O3/c1-2-11(9-14(19)20)10-17-15(21)18-13-5-3-12(4-6-13)7-8-16/h3-6,11H,2,7,9-10H2,1H3,(H,19,20)(H2,17,18,21). The summed E-state index contributed by atoms with van der Waals surface area (Å²) in [6.07, 6.45) is 1.06. The van der Waals surface area contributed by atoms with E-state index in [4.69, 9.17) is 10.4 Å². The molecule has 0 saturated heterocycles. The number of hydrogen-bond acceptors (Lipinski definition) is 3. The fraction of sp³-hybridized carbons (Fsp3) is 0.400. The van der Waals surface area contributed by atoms with Gasteiger partial charge in [0, 0.05) is 18.7 Å². The van der Waals surface area contributed by atoms with Gasteiger partial charge in [0.05, 0.1) is 12.5 Å². The second kappa shape index (κ2) is 8.59. The Hall–Kier alpha value is -2.55. The maximum Gasteiger partial charge on any atom is 0.319 e. The Morgan fingerprint density at radius 3 is 2.52 bits per heavy atom. The number of carboxylic acid groups (broad SMARTS) is 1. The molecule has 21 heavy (non-hydrogen) atoms. The van der Waals surface area contributed by atoms with Crippen molar-refractivity contribution in [3.63, 3.8) is 0 Å². The normalized spacial score (nSPS) is 11.2. The molecule has 2 amide bonds. The van der Waals surface area contributed by atoms with Crippen molar-refractivity contribution in [3.8, 4) is 6.07 Å². The summed E-state index contributed by atoms with van der Waals surface area (Å²) in [4.78, 5) is 22.3. The van der Waals surface area contributed by atoms with E-state index in [1.807, 2.05) is 6.92 Å². The number of nitriles is 1. The average molecular weight is 289 g/mol. The van der Waals surface area contributed by atoms with Crippen LogP contribution in [0, 0.1) is 17.2 Å². The van der Waals surface area contributed by atoms with Crippen molar-refractivity contribution in [2.24, 2.45) is 5.92 Å². The van der Waals surface area contributed by atoms with Crippen LogP contribution in [0.5, 0.6) is 0 Å². The number of benzene rings is 1. The van der Waals surface area contributed by atoms with Crippen molar-refractivity contribution >= 4 is 17.7 Å². The van der Waals surface area contributed by atoms with E-state index in [0.717, 1.165) is 5.56 Å². The van der Waals surface area contributed by atoms with Gasteiger partial charge in [-0.2, -0.15) is 5.26 Å². The van der Waals surface area contributed by atoms with E-state index in [1.54, 1.807) is 24.3 Å². The molecule has 0 aliphatic carbocycles. The minimum atomic E-state index is -0.864.